The highest BCUT2D eigenvalue weighted by Crippen LogP contribution is 2.13. The van der Waals surface area contributed by atoms with Crippen LogP contribution in [0.3, 0.4) is 0 Å². The number of nitrogens with one attached hydrogen (secondary N) is 1. The minimum Gasteiger partial charge on any atom is -0.370 e. The molecule has 1 heterocycles. The van der Waals surface area contributed by atoms with E-state index in [1.165, 1.54) is 12.1 Å². The Bertz CT molecular complexity index is 286. The largest absolute Gasteiger partial charge is 0.370 e. The van der Waals surface area contributed by atoms with Crippen LogP contribution in [0, 0.1) is 6.92 Å². The lowest BCUT2D eigenvalue weighted by atomic mass is 10.3. The van der Waals surface area contributed by atoms with E-state index in [4.69, 9.17) is 0 Å². The third-order valence-electron chi connectivity index (χ3n) is 2.37. The van der Waals surface area contributed by atoms with Gasteiger partial charge in [0.25, 0.3) is 0 Å². The molecule has 0 saturated heterocycles. The zero-order valence-corrected chi connectivity index (χ0v) is 9.95. The first-order valence-electron chi connectivity index (χ1n) is 5.60. The number of pyridine rings is 1. The first kappa shape index (κ1) is 12.0. The maximum Gasteiger partial charge on any atom is 0.0400 e. The number of aryl methyl sites for hydroxylation is 1. The number of likely N-dealkylation sites (N-methyl/N-ethyl adjacent to an activating group) is 1. The third-order valence-corrected chi connectivity index (χ3v) is 2.37. The molecule has 1 aromatic heterocycles. The maximum atomic E-state index is 4.22. The van der Waals surface area contributed by atoms with Gasteiger partial charge in [0.2, 0.25) is 0 Å². The quantitative estimate of drug-likeness (QED) is 0.771. The molecule has 1 N–H and O–H groups in total. The van der Waals surface area contributed by atoms with Crippen LogP contribution in [0.5, 0.6) is 0 Å². The summed E-state index contributed by atoms with van der Waals surface area (Å²) in [5, 5.41) is 3.18. The third kappa shape index (κ3) is 3.88. The summed E-state index contributed by atoms with van der Waals surface area (Å²) in [5.41, 5.74) is 2.36. The molecule has 0 unspecified atom stereocenters. The summed E-state index contributed by atoms with van der Waals surface area (Å²) in [6, 6.07) is 4.23. The van der Waals surface area contributed by atoms with Crippen LogP contribution in [0.15, 0.2) is 18.3 Å². The Morgan fingerprint density at radius 1 is 1.40 bits per heavy atom. The van der Waals surface area contributed by atoms with Gasteiger partial charge in [0.15, 0.2) is 0 Å². The van der Waals surface area contributed by atoms with E-state index in [1.807, 2.05) is 20.2 Å². The first-order chi connectivity index (χ1) is 7.27. The van der Waals surface area contributed by atoms with Crippen molar-refractivity contribution in [3.63, 3.8) is 0 Å². The molecule has 0 saturated carbocycles. The van der Waals surface area contributed by atoms with Crippen molar-refractivity contribution in [1.29, 1.82) is 0 Å². The number of nitrogens with zero attached hydrogens (tertiary/aromatic N) is 2. The van der Waals surface area contributed by atoms with E-state index in [0.717, 1.165) is 25.3 Å². The topological polar surface area (TPSA) is 28.2 Å². The minimum atomic E-state index is 1.02. The highest BCUT2D eigenvalue weighted by Gasteiger charge is 2.04. The normalized spacial score (nSPS) is 10.3. The fourth-order valence-electron chi connectivity index (χ4n) is 1.61. The zero-order valence-electron chi connectivity index (χ0n) is 9.95. The van der Waals surface area contributed by atoms with E-state index in [9.17, 15) is 0 Å². The molecule has 84 valence electrons. The van der Waals surface area contributed by atoms with Gasteiger partial charge in [0.1, 0.15) is 0 Å². The molecule has 3 nitrogen and oxygen atoms in total. The molecular formula is C12H21N3. The Morgan fingerprint density at radius 2 is 2.20 bits per heavy atom. The first-order valence-corrected chi connectivity index (χ1v) is 5.60. The highest BCUT2D eigenvalue weighted by atomic mass is 15.1. The SMILES string of the molecule is CCCN(CCNC)c1ccnc(C)c1. The fourth-order valence-corrected chi connectivity index (χ4v) is 1.61. The molecule has 1 rings (SSSR count). The van der Waals surface area contributed by atoms with Gasteiger partial charge in [-0.25, -0.2) is 0 Å². The van der Waals surface area contributed by atoms with Gasteiger partial charge in [-0.1, -0.05) is 6.92 Å². The van der Waals surface area contributed by atoms with Crippen LogP contribution in [0.2, 0.25) is 0 Å². The van der Waals surface area contributed by atoms with E-state index in [-0.39, 0.29) is 0 Å². The van der Waals surface area contributed by atoms with Crippen molar-refractivity contribution in [2.24, 2.45) is 0 Å². The summed E-state index contributed by atoms with van der Waals surface area (Å²) < 4.78 is 0. The monoisotopic (exact) mass is 207 g/mol. The van der Waals surface area contributed by atoms with Crippen molar-refractivity contribution >= 4 is 5.69 Å². The summed E-state index contributed by atoms with van der Waals surface area (Å²) in [7, 11) is 1.99. The number of rotatable bonds is 6. The Morgan fingerprint density at radius 3 is 2.80 bits per heavy atom. The molecule has 0 fully saturated rings. The molecule has 0 aliphatic heterocycles. The Balaban J connectivity index is 2.69. The summed E-state index contributed by atoms with van der Waals surface area (Å²) in [6.45, 7) is 7.41. The molecular weight excluding hydrogens is 186 g/mol. The van der Waals surface area contributed by atoms with Crippen molar-refractivity contribution in [2.45, 2.75) is 20.3 Å². The molecule has 0 bridgehead atoms. The van der Waals surface area contributed by atoms with Crippen LogP contribution in [0.1, 0.15) is 19.0 Å². The van der Waals surface area contributed by atoms with Crippen LogP contribution in [0.4, 0.5) is 5.69 Å². The fraction of sp³-hybridized carbons (Fsp3) is 0.583. The van der Waals surface area contributed by atoms with Gasteiger partial charge in [0, 0.05) is 37.2 Å². The van der Waals surface area contributed by atoms with Crippen LogP contribution in [-0.2, 0) is 0 Å². The van der Waals surface area contributed by atoms with Gasteiger partial charge < -0.3 is 10.2 Å². The summed E-state index contributed by atoms with van der Waals surface area (Å²) in [6.07, 6.45) is 3.05. The van der Waals surface area contributed by atoms with Gasteiger partial charge in [-0.3, -0.25) is 4.98 Å². The Kier molecular flexibility index (Phi) is 5.12. The lowest BCUT2D eigenvalue weighted by molar-refractivity contribution is 0.709. The predicted octanol–water partition coefficient (Wildman–Crippen LogP) is 1.83. The molecule has 0 atom stereocenters. The summed E-state index contributed by atoms with van der Waals surface area (Å²) >= 11 is 0. The van der Waals surface area contributed by atoms with Crippen LogP contribution >= 0.6 is 0 Å². The van der Waals surface area contributed by atoms with Crippen molar-refractivity contribution in [3.05, 3.63) is 24.0 Å². The molecule has 0 spiro atoms. The van der Waals surface area contributed by atoms with Crippen LogP contribution < -0.4 is 10.2 Å². The number of aromatic nitrogens is 1. The second-order valence-corrected chi connectivity index (χ2v) is 3.75. The average molecular weight is 207 g/mol. The second-order valence-electron chi connectivity index (χ2n) is 3.75. The standard InChI is InChI=1S/C12H21N3/c1-4-8-15(9-7-13-3)12-5-6-14-11(2)10-12/h5-6,10,13H,4,7-9H2,1-3H3. The van der Waals surface area contributed by atoms with Crippen LogP contribution in [-0.4, -0.2) is 31.7 Å². The van der Waals surface area contributed by atoms with Gasteiger partial charge >= 0.3 is 0 Å². The predicted molar refractivity (Wildman–Crippen MR) is 65.4 cm³/mol. The highest BCUT2D eigenvalue weighted by molar-refractivity contribution is 5.46. The van der Waals surface area contributed by atoms with Crippen molar-refractivity contribution in [2.75, 3.05) is 31.6 Å². The molecule has 0 aliphatic rings. The van der Waals surface area contributed by atoms with Crippen molar-refractivity contribution in [1.82, 2.24) is 10.3 Å². The van der Waals surface area contributed by atoms with E-state index in [1.54, 1.807) is 0 Å². The summed E-state index contributed by atoms with van der Waals surface area (Å²) in [5.74, 6) is 0. The van der Waals surface area contributed by atoms with Crippen LogP contribution in [0.25, 0.3) is 0 Å². The Hall–Kier alpha value is -1.09. The van der Waals surface area contributed by atoms with E-state index >= 15 is 0 Å². The van der Waals surface area contributed by atoms with Gasteiger partial charge in [-0.2, -0.15) is 0 Å². The van der Waals surface area contributed by atoms with Crippen molar-refractivity contribution in [3.8, 4) is 0 Å². The van der Waals surface area contributed by atoms with Crippen molar-refractivity contribution < 1.29 is 0 Å². The number of hydrogen-bond donors (Lipinski definition) is 1. The van der Waals surface area contributed by atoms with E-state index in [0.29, 0.717) is 0 Å². The molecule has 1 aromatic rings. The molecule has 3 heteroatoms. The average Bonchev–Trinajstić information content (AvgIpc) is 2.24. The zero-order chi connectivity index (χ0) is 11.1. The van der Waals surface area contributed by atoms with E-state index < -0.39 is 0 Å². The smallest absolute Gasteiger partial charge is 0.0400 e. The van der Waals surface area contributed by atoms with Gasteiger partial charge in [-0.05, 0) is 32.5 Å². The van der Waals surface area contributed by atoms with Gasteiger partial charge in [0.05, 0.1) is 0 Å². The molecule has 15 heavy (non-hydrogen) atoms. The number of hydrogen-bond acceptors (Lipinski definition) is 3. The lowest BCUT2D eigenvalue weighted by Gasteiger charge is -2.24. The molecule has 0 radical (unpaired) electrons. The molecule has 0 amide bonds. The van der Waals surface area contributed by atoms with Gasteiger partial charge in [-0.15, -0.1) is 0 Å². The lowest BCUT2D eigenvalue weighted by Crippen LogP contribution is -2.31. The Labute approximate surface area is 92.5 Å². The number of anilines is 1. The molecule has 0 aliphatic carbocycles. The van der Waals surface area contributed by atoms with E-state index in [2.05, 4.69) is 34.3 Å². The summed E-state index contributed by atoms with van der Waals surface area (Å²) in [4.78, 5) is 6.61. The molecule has 0 aromatic carbocycles. The maximum absolute atomic E-state index is 4.22. The second kappa shape index (κ2) is 6.40. The minimum absolute atomic E-state index is 1.02.